The third-order valence-electron chi connectivity index (χ3n) is 4.75. The van der Waals surface area contributed by atoms with Gasteiger partial charge in [0.1, 0.15) is 4.32 Å². The van der Waals surface area contributed by atoms with Crippen molar-refractivity contribution in [1.29, 1.82) is 0 Å². The Labute approximate surface area is 163 Å². The van der Waals surface area contributed by atoms with Crippen molar-refractivity contribution in [3.63, 3.8) is 0 Å². The summed E-state index contributed by atoms with van der Waals surface area (Å²) in [7, 11) is 4.71. The Morgan fingerprint density at radius 3 is 2.23 bits per heavy atom. The molecule has 1 amide bonds. The van der Waals surface area contributed by atoms with Crippen molar-refractivity contribution in [1.82, 2.24) is 4.90 Å². The molecule has 1 saturated heterocycles. The summed E-state index contributed by atoms with van der Waals surface area (Å²) in [6.07, 6.45) is 7.47. The first-order valence-electron chi connectivity index (χ1n) is 8.66. The molecule has 2 aliphatic rings. The molecule has 1 aromatic carbocycles. The molecular formula is C19H23NO4S2. The molecule has 0 N–H and O–H groups in total. The van der Waals surface area contributed by atoms with E-state index < -0.39 is 0 Å². The Balaban J connectivity index is 1.90. The number of carbonyl (C=O) groups excluding carboxylic acids is 1. The Bertz CT molecular complexity index is 716. The van der Waals surface area contributed by atoms with Crippen LogP contribution >= 0.6 is 24.0 Å². The van der Waals surface area contributed by atoms with Gasteiger partial charge >= 0.3 is 0 Å². The monoisotopic (exact) mass is 393 g/mol. The summed E-state index contributed by atoms with van der Waals surface area (Å²) in [6, 6.07) is 3.89. The Hall–Kier alpha value is -1.73. The van der Waals surface area contributed by atoms with Gasteiger partial charge in [0.15, 0.2) is 11.5 Å². The molecule has 1 aliphatic heterocycles. The van der Waals surface area contributed by atoms with Gasteiger partial charge < -0.3 is 14.2 Å². The van der Waals surface area contributed by atoms with Gasteiger partial charge in [-0.2, -0.15) is 0 Å². The highest BCUT2D eigenvalue weighted by molar-refractivity contribution is 8.26. The average Bonchev–Trinajstić information content (AvgIpc) is 2.94. The Morgan fingerprint density at radius 1 is 1.08 bits per heavy atom. The number of ether oxygens (including phenoxy) is 3. The molecule has 0 bridgehead atoms. The first-order valence-corrected chi connectivity index (χ1v) is 9.88. The zero-order valence-electron chi connectivity index (χ0n) is 15.2. The molecule has 1 heterocycles. The van der Waals surface area contributed by atoms with Crippen molar-refractivity contribution in [3.8, 4) is 17.2 Å². The van der Waals surface area contributed by atoms with E-state index in [2.05, 4.69) is 0 Å². The molecule has 1 aromatic rings. The molecule has 3 rings (SSSR count). The summed E-state index contributed by atoms with van der Waals surface area (Å²) in [5, 5.41) is 0. The lowest BCUT2D eigenvalue weighted by molar-refractivity contribution is -0.124. The predicted molar refractivity (Wildman–Crippen MR) is 108 cm³/mol. The normalized spacial score (nSPS) is 20.0. The van der Waals surface area contributed by atoms with Gasteiger partial charge in [0.25, 0.3) is 5.91 Å². The number of hydrogen-bond acceptors (Lipinski definition) is 6. The highest BCUT2D eigenvalue weighted by atomic mass is 32.2. The smallest absolute Gasteiger partial charge is 0.266 e. The number of nitrogens with zero attached hydrogens (tertiary/aromatic N) is 1. The molecule has 5 nitrogen and oxygen atoms in total. The van der Waals surface area contributed by atoms with Gasteiger partial charge in [-0.15, -0.1) is 0 Å². The number of amides is 1. The summed E-state index contributed by atoms with van der Waals surface area (Å²) in [5.74, 6) is 1.64. The minimum absolute atomic E-state index is 0.000603. The summed E-state index contributed by atoms with van der Waals surface area (Å²) in [6.45, 7) is 0. The van der Waals surface area contributed by atoms with Crippen LogP contribution in [-0.2, 0) is 4.79 Å². The fourth-order valence-electron chi connectivity index (χ4n) is 3.47. The second kappa shape index (κ2) is 8.31. The van der Waals surface area contributed by atoms with Gasteiger partial charge in [-0.25, -0.2) is 0 Å². The fraction of sp³-hybridized carbons (Fsp3) is 0.474. The number of thiocarbonyl (C=S) groups is 1. The van der Waals surface area contributed by atoms with Crippen molar-refractivity contribution in [3.05, 3.63) is 22.6 Å². The molecule has 7 heteroatoms. The highest BCUT2D eigenvalue weighted by Gasteiger charge is 2.37. The Morgan fingerprint density at radius 2 is 1.69 bits per heavy atom. The number of rotatable bonds is 5. The fourth-order valence-corrected chi connectivity index (χ4v) is 4.87. The summed E-state index contributed by atoms with van der Waals surface area (Å²) in [5.41, 5.74) is 0.809. The second-order valence-corrected chi connectivity index (χ2v) is 7.98. The highest BCUT2D eigenvalue weighted by Crippen LogP contribution is 2.41. The number of hydrogen-bond donors (Lipinski definition) is 0. The van der Waals surface area contributed by atoms with Crippen molar-refractivity contribution in [2.45, 2.75) is 38.1 Å². The van der Waals surface area contributed by atoms with E-state index in [-0.39, 0.29) is 11.9 Å². The number of benzene rings is 1. The number of thioether (sulfide) groups is 1. The van der Waals surface area contributed by atoms with Crippen LogP contribution in [-0.4, -0.2) is 42.5 Å². The van der Waals surface area contributed by atoms with Crippen molar-refractivity contribution < 1.29 is 19.0 Å². The van der Waals surface area contributed by atoms with Crippen LogP contribution in [0.5, 0.6) is 17.2 Å². The largest absolute Gasteiger partial charge is 0.493 e. The van der Waals surface area contributed by atoms with Crippen molar-refractivity contribution in [2.24, 2.45) is 0 Å². The zero-order valence-corrected chi connectivity index (χ0v) is 16.9. The molecule has 2 fully saturated rings. The molecule has 26 heavy (non-hydrogen) atoms. The lowest BCUT2D eigenvalue weighted by Gasteiger charge is -2.29. The standard InChI is InChI=1S/C19H23NO4S2/c1-22-14-9-12(10-15(23-2)17(14)24-3)11-16-18(21)20(19(25)26-16)13-7-5-4-6-8-13/h9-11,13H,4-8H2,1-3H3/b16-11-. The summed E-state index contributed by atoms with van der Waals surface area (Å²) in [4.78, 5) is 15.4. The molecule has 1 saturated carbocycles. The van der Waals surface area contributed by atoms with Crippen LogP contribution in [0.1, 0.15) is 37.7 Å². The van der Waals surface area contributed by atoms with E-state index in [0.717, 1.165) is 31.2 Å². The topological polar surface area (TPSA) is 48.0 Å². The van der Waals surface area contributed by atoms with Crippen LogP contribution < -0.4 is 14.2 Å². The van der Waals surface area contributed by atoms with Crippen LogP contribution in [0.4, 0.5) is 0 Å². The van der Waals surface area contributed by atoms with Crippen molar-refractivity contribution >= 4 is 40.3 Å². The van der Waals surface area contributed by atoms with Gasteiger partial charge in [-0.05, 0) is 36.6 Å². The zero-order chi connectivity index (χ0) is 18.7. The molecule has 0 radical (unpaired) electrons. The second-order valence-electron chi connectivity index (χ2n) is 6.30. The summed E-state index contributed by atoms with van der Waals surface area (Å²) < 4.78 is 16.8. The van der Waals surface area contributed by atoms with E-state index in [1.54, 1.807) is 21.3 Å². The average molecular weight is 394 g/mol. The lowest BCUT2D eigenvalue weighted by atomic mass is 9.94. The van der Waals surface area contributed by atoms with Gasteiger partial charge in [0, 0.05) is 6.04 Å². The van der Waals surface area contributed by atoms with E-state index in [4.69, 9.17) is 26.4 Å². The van der Waals surface area contributed by atoms with Crippen LogP contribution in [0.2, 0.25) is 0 Å². The Kier molecular flexibility index (Phi) is 6.09. The van der Waals surface area contributed by atoms with Gasteiger partial charge in [-0.1, -0.05) is 43.2 Å². The van der Waals surface area contributed by atoms with E-state index in [9.17, 15) is 4.79 Å². The van der Waals surface area contributed by atoms with Crippen LogP contribution in [0.3, 0.4) is 0 Å². The van der Waals surface area contributed by atoms with E-state index in [0.29, 0.717) is 26.5 Å². The minimum atomic E-state index is 0.000603. The predicted octanol–water partition coefficient (Wildman–Crippen LogP) is 4.25. The molecule has 0 unspecified atom stereocenters. The van der Waals surface area contributed by atoms with Crippen molar-refractivity contribution in [2.75, 3.05) is 21.3 Å². The first-order chi connectivity index (χ1) is 12.6. The maximum atomic E-state index is 12.9. The minimum Gasteiger partial charge on any atom is -0.493 e. The maximum Gasteiger partial charge on any atom is 0.266 e. The molecule has 1 aliphatic carbocycles. The molecule has 0 atom stereocenters. The SMILES string of the molecule is COc1cc(/C=C2\SC(=S)N(C3CCCCC3)C2=O)cc(OC)c1OC. The third-order valence-corrected chi connectivity index (χ3v) is 6.08. The van der Waals surface area contributed by atoms with Gasteiger partial charge in [0.2, 0.25) is 5.75 Å². The third kappa shape index (κ3) is 3.69. The first kappa shape index (κ1) is 19.0. The van der Waals surface area contributed by atoms with Crippen LogP contribution in [0.15, 0.2) is 17.0 Å². The molecular weight excluding hydrogens is 370 g/mol. The van der Waals surface area contributed by atoms with Gasteiger partial charge in [0.05, 0.1) is 26.2 Å². The van der Waals surface area contributed by atoms with Gasteiger partial charge in [-0.3, -0.25) is 9.69 Å². The molecule has 0 aromatic heterocycles. The lowest BCUT2D eigenvalue weighted by Crippen LogP contribution is -2.39. The summed E-state index contributed by atoms with van der Waals surface area (Å²) >= 11 is 6.85. The van der Waals surface area contributed by atoms with Crippen LogP contribution in [0, 0.1) is 0 Å². The quantitative estimate of drug-likeness (QED) is 0.551. The van der Waals surface area contributed by atoms with Crippen LogP contribution in [0.25, 0.3) is 6.08 Å². The van der Waals surface area contributed by atoms with E-state index in [1.807, 2.05) is 23.1 Å². The molecule has 140 valence electrons. The van der Waals surface area contributed by atoms with E-state index >= 15 is 0 Å². The maximum absolute atomic E-state index is 12.9. The number of methoxy groups -OCH3 is 3. The number of carbonyl (C=O) groups is 1. The van der Waals surface area contributed by atoms with E-state index in [1.165, 1.54) is 18.2 Å². The molecule has 0 spiro atoms.